The highest BCUT2D eigenvalue weighted by Gasteiger charge is 2.13. The average Bonchev–Trinajstić information content (AvgIpc) is 2.83. The molecule has 0 fully saturated rings. The number of halogens is 1. The molecule has 0 saturated heterocycles. The number of benzene rings is 1. The maximum absolute atomic E-state index is 11.3. The van der Waals surface area contributed by atoms with Gasteiger partial charge in [0.2, 0.25) is 0 Å². The first-order chi connectivity index (χ1) is 8.62. The molecule has 0 aromatic heterocycles. The summed E-state index contributed by atoms with van der Waals surface area (Å²) in [6, 6.07) is 6.28. The number of hydrogen-bond donors (Lipinski definition) is 2. The number of nitrogens with one attached hydrogen (secondary N) is 2. The Balaban J connectivity index is 0.00000180. The summed E-state index contributed by atoms with van der Waals surface area (Å²) in [6.07, 6.45) is 1.08. The second kappa shape index (κ2) is 7.12. The van der Waals surface area contributed by atoms with Crippen LogP contribution in [0.4, 0.5) is 5.69 Å². The van der Waals surface area contributed by atoms with E-state index in [1.54, 1.807) is 6.92 Å². The van der Waals surface area contributed by atoms with Gasteiger partial charge in [-0.3, -0.25) is 0 Å². The first kappa shape index (κ1) is 16.3. The molecule has 0 saturated carbocycles. The van der Waals surface area contributed by atoms with Crippen LogP contribution in [0.3, 0.4) is 0 Å². The van der Waals surface area contributed by atoms with Crippen LogP contribution in [0.25, 0.3) is 0 Å². The van der Waals surface area contributed by atoms with Crippen LogP contribution in [-0.2, 0) is 22.8 Å². The average molecular weight is 305 g/mol. The molecule has 0 unspecified atom stereocenters. The lowest BCUT2D eigenvalue weighted by molar-refractivity contribution is 0.592. The van der Waals surface area contributed by atoms with E-state index in [0.29, 0.717) is 6.54 Å². The lowest BCUT2D eigenvalue weighted by Crippen LogP contribution is -2.23. The molecule has 0 spiro atoms. The Bertz CT molecular complexity index is 517. The lowest BCUT2D eigenvalue weighted by Gasteiger charge is -2.10. The minimum Gasteiger partial charge on any atom is -0.384 e. The molecule has 1 aliphatic heterocycles. The Morgan fingerprint density at radius 3 is 2.89 bits per heavy atom. The fourth-order valence-corrected chi connectivity index (χ4v) is 2.90. The Kier molecular flexibility index (Phi) is 6.10. The summed E-state index contributed by atoms with van der Waals surface area (Å²) in [6.45, 7) is 3.91. The number of rotatable bonds is 6. The molecule has 0 amide bonds. The Morgan fingerprint density at radius 1 is 1.37 bits per heavy atom. The highest BCUT2D eigenvalue weighted by atomic mass is 35.5. The molecule has 1 aliphatic rings. The number of para-hydroxylation sites is 1. The lowest BCUT2D eigenvalue weighted by atomic mass is 10.1. The maximum Gasteiger partial charge on any atom is 0.151 e. The third-order valence-corrected chi connectivity index (χ3v) is 4.98. The largest absolute Gasteiger partial charge is 0.384 e. The topological polar surface area (TPSA) is 58.2 Å². The van der Waals surface area contributed by atoms with Gasteiger partial charge in [-0.2, -0.15) is 0 Å². The molecule has 1 aromatic rings. The Morgan fingerprint density at radius 2 is 2.16 bits per heavy atom. The van der Waals surface area contributed by atoms with E-state index >= 15 is 0 Å². The minimum absolute atomic E-state index is 0. The van der Waals surface area contributed by atoms with Gasteiger partial charge in [0.1, 0.15) is 0 Å². The summed E-state index contributed by atoms with van der Waals surface area (Å²) in [7, 11) is -2.86. The first-order valence-electron chi connectivity index (χ1n) is 6.38. The third kappa shape index (κ3) is 4.37. The molecule has 4 nitrogen and oxygen atoms in total. The van der Waals surface area contributed by atoms with Gasteiger partial charge in [-0.25, -0.2) is 8.42 Å². The standard InChI is InChI=1S/C13H20N2O2S.ClH/c1-2-18(16,17)9-8-14-10-12-5-3-4-11-6-7-15-13(11)12;/h3-5,14-15H,2,6-10H2,1H3;1H. The predicted molar refractivity (Wildman–Crippen MR) is 81.9 cm³/mol. The summed E-state index contributed by atoms with van der Waals surface area (Å²) in [5.41, 5.74) is 3.80. The summed E-state index contributed by atoms with van der Waals surface area (Å²) >= 11 is 0. The van der Waals surface area contributed by atoms with E-state index < -0.39 is 9.84 Å². The molecule has 0 radical (unpaired) electrons. The minimum atomic E-state index is -2.86. The van der Waals surface area contributed by atoms with Gasteiger partial charge in [0.05, 0.1) is 5.75 Å². The Labute approximate surface area is 121 Å². The zero-order valence-corrected chi connectivity index (χ0v) is 12.7. The zero-order chi connectivity index (χ0) is 13.0. The monoisotopic (exact) mass is 304 g/mol. The summed E-state index contributed by atoms with van der Waals surface area (Å²) < 4.78 is 22.7. The number of fused-ring (bicyclic) bond motifs is 1. The van der Waals surface area contributed by atoms with Gasteiger partial charge in [-0.1, -0.05) is 25.1 Å². The smallest absolute Gasteiger partial charge is 0.151 e. The highest BCUT2D eigenvalue weighted by Crippen LogP contribution is 2.25. The molecule has 1 aromatic carbocycles. The van der Waals surface area contributed by atoms with Crippen LogP contribution in [0.15, 0.2) is 18.2 Å². The fraction of sp³-hybridized carbons (Fsp3) is 0.538. The second-order valence-electron chi connectivity index (χ2n) is 4.54. The van der Waals surface area contributed by atoms with E-state index in [2.05, 4.69) is 28.8 Å². The van der Waals surface area contributed by atoms with Crippen molar-refractivity contribution in [3.05, 3.63) is 29.3 Å². The van der Waals surface area contributed by atoms with Gasteiger partial charge in [0.15, 0.2) is 9.84 Å². The van der Waals surface area contributed by atoms with Gasteiger partial charge in [0, 0.05) is 31.1 Å². The molecular formula is C13H21ClN2O2S. The number of anilines is 1. The van der Waals surface area contributed by atoms with E-state index in [9.17, 15) is 8.42 Å². The van der Waals surface area contributed by atoms with Crippen LogP contribution < -0.4 is 10.6 Å². The van der Waals surface area contributed by atoms with Crippen molar-refractivity contribution in [2.24, 2.45) is 0 Å². The number of hydrogen-bond acceptors (Lipinski definition) is 4. The highest BCUT2D eigenvalue weighted by molar-refractivity contribution is 7.91. The SMILES string of the molecule is CCS(=O)(=O)CCNCc1cccc2c1NCC2.Cl. The van der Waals surface area contributed by atoms with Crippen LogP contribution >= 0.6 is 12.4 Å². The fourth-order valence-electron chi connectivity index (χ4n) is 2.15. The van der Waals surface area contributed by atoms with Gasteiger partial charge < -0.3 is 10.6 Å². The van der Waals surface area contributed by atoms with Crippen molar-refractivity contribution in [2.45, 2.75) is 19.9 Å². The third-order valence-electron chi connectivity index (χ3n) is 3.28. The normalized spacial score (nSPS) is 13.5. The van der Waals surface area contributed by atoms with Crippen LogP contribution in [0.2, 0.25) is 0 Å². The molecule has 0 aliphatic carbocycles. The maximum atomic E-state index is 11.3. The summed E-state index contributed by atoms with van der Waals surface area (Å²) in [5, 5.41) is 6.58. The summed E-state index contributed by atoms with van der Waals surface area (Å²) in [4.78, 5) is 0. The molecule has 2 N–H and O–H groups in total. The van der Waals surface area contributed by atoms with Gasteiger partial charge in [-0.05, 0) is 17.5 Å². The van der Waals surface area contributed by atoms with E-state index in [1.807, 2.05) is 0 Å². The van der Waals surface area contributed by atoms with Crippen LogP contribution in [0.5, 0.6) is 0 Å². The predicted octanol–water partition coefficient (Wildman–Crippen LogP) is 1.60. The van der Waals surface area contributed by atoms with E-state index in [4.69, 9.17) is 0 Å². The van der Waals surface area contributed by atoms with Crippen LogP contribution in [0.1, 0.15) is 18.1 Å². The molecule has 2 rings (SSSR count). The van der Waals surface area contributed by atoms with Crippen molar-refractivity contribution < 1.29 is 8.42 Å². The van der Waals surface area contributed by atoms with Crippen molar-refractivity contribution in [1.29, 1.82) is 0 Å². The Hall–Kier alpha value is -0.780. The van der Waals surface area contributed by atoms with Crippen molar-refractivity contribution >= 4 is 27.9 Å². The van der Waals surface area contributed by atoms with Crippen molar-refractivity contribution in [3.8, 4) is 0 Å². The van der Waals surface area contributed by atoms with Crippen LogP contribution in [0, 0.1) is 0 Å². The van der Waals surface area contributed by atoms with Gasteiger partial charge >= 0.3 is 0 Å². The zero-order valence-electron chi connectivity index (χ0n) is 11.1. The van der Waals surface area contributed by atoms with Crippen molar-refractivity contribution in [3.63, 3.8) is 0 Å². The molecule has 6 heteroatoms. The summed E-state index contributed by atoms with van der Waals surface area (Å²) in [5.74, 6) is 0.433. The van der Waals surface area contributed by atoms with E-state index in [1.165, 1.54) is 16.8 Å². The van der Waals surface area contributed by atoms with Gasteiger partial charge in [0.25, 0.3) is 0 Å². The van der Waals surface area contributed by atoms with Crippen molar-refractivity contribution in [1.82, 2.24) is 5.32 Å². The molecule has 0 atom stereocenters. The first-order valence-corrected chi connectivity index (χ1v) is 8.20. The molecule has 19 heavy (non-hydrogen) atoms. The number of sulfone groups is 1. The second-order valence-corrected chi connectivity index (χ2v) is 7.01. The van der Waals surface area contributed by atoms with Crippen molar-refractivity contribution in [2.75, 3.05) is 29.9 Å². The van der Waals surface area contributed by atoms with Gasteiger partial charge in [-0.15, -0.1) is 12.4 Å². The van der Waals surface area contributed by atoms with E-state index in [0.717, 1.165) is 19.5 Å². The molecule has 0 bridgehead atoms. The molecular weight excluding hydrogens is 284 g/mol. The quantitative estimate of drug-likeness (QED) is 0.784. The van der Waals surface area contributed by atoms with E-state index in [-0.39, 0.29) is 23.9 Å². The molecule has 1 heterocycles. The van der Waals surface area contributed by atoms with Crippen LogP contribution in [-0.4, -0.2) is 33.0 Å². The molecule has 108 valence electrons.